The van der Waals surface area contributed by atoms with Crippen LogP contribution in [0.4, 0.5) is 11.4 Å². The number of thioether (sulfide) groups is 1. The SMILES string of the molecule is Cc1ccccc1N=C1NC(=O)C(=Cc2ccc(OC(=O)c3cccc([N+](=O)[O-])c3)cc2)S1. The molecule has 1 aliphatic rings. The van der Waals surface area contributed by atoms with Gasteiger partial charge in [0, 0.05) is 12.1 Å². The van der Waals surface area contributed by atoms with Gasteiger partial charge < -0.3 is 10.1 Å². The molecule has 0 radical (unpaired) electrons. The van der Waals surface area contributed by atoms with Gasteiger partial charge in [-0.05, 0) is 60.2 Å². The number of aliphatic imine (C=N–C) groups is 1. The fourth-order valence-electron chi connectivity index (χ4n) is 2.97. The number of amidine groups is 1. The number of carbonyl (C=O) groups excluding carboxylic acids is 2. The van der Waals surface area contributed by atoms with Crippen molar-refractivity contribution in [3.63, 3.8) is 0 Å². The molecule has 1 N–H and O–H groups in total. The van der Waals surface area contributed by atoms with Crippen molar-refractivity contribution in [1.82, 2.24) is 5.32 Å². The minimum Gasteiger partial charge on any atom is -0.423 e. The molecule has 0 aliphatic carbocycles. The van der Waals surface area contributed by atoms with Gasteiger partial charge in [0.1, 0.15) is 5.75 Å². The summed E-state index contributed by atoms with van der Waals surface area (Å²) in [6.45, 7) is 1.95. The standard InChI is InChI=1S/C24H17N3O5S/c1-15-5-2-3-8-20(15)25-24-26-22(28)21(33-24)13-16-9-11-19(12-10-16)32-23(29)17-6-4-7-18(14-17)27(30)31/h2-14H,1H3,(H,25,26,28). The van der Waals surface area contributed by atoms with Crippen LogP contribution in [0.2, 0.25) is 0 Å². The lowest BCUT2D eigenvalue weighted by molar-refractivity contribution is -0.384. The van der Waals surface area contributed by atoms with Gasteiger partial charge in [0.2, 0.25) is 0 Å². The molecule has 0 atom stereocenters. The number of nitrogens with zero attached hydrogens (tertiary/aromatic N) is 2. The maximum atomic E-state index is 12.3. The Morgan fingerprint density at radius 1 is 1.09 bits per heavy atom. The lowest BCUT2D eigenvalue weighted by Gasteiger charge is -2.05. The van der Waals surface area contributed by atoms with Crippen LogP contribution in [0.3, 0.4) is 0 Å². The number of non-ortho nitro benzene ring substituents is 1. The molecule has 1 saturated heterocycles. The summed E-state index contributed by atoms with van der Waals surface area (Å²) < 4.78 is 5.29. The Hall–Kier alpha value is -4.24. The highest BCUT2D eigenvalue weighted by atomic mass is 32.2. The third-order valence-electron chi connectivity index (χ3n) is 4.67. The van der Waals surface area contributed by atoms with Crippen molar-refractivity contribution in [2.24, 2.45) is 4.99 Å². The van der Waals surface area contributed by atoms with Gasteiger partial charge in [0.25, 0.3) is 11.6 Å². The molecule has 0 bridgehead atoms. The van der Waals surface area contributed by atoms with E-state index in [4.69, 9.17) is 4.74 Å². The Labute approximate surface area is 193 Å². The molecule has 164 valence electrons. The first-order valence-corrected chi connectivity index (χ1v) is 10.6. The molecule has 3 aromatic rings. The van der Waals surface area contributed by atoms with Crippen LogP contribution < -0.4 is 10.1 Å². The summed E-state index contributed by atoms with van der Waals surface area (Å²) in [6.07, 6.45) is 1.71. The number of hydrogen-bond donors (Lipinski definition) is 1. The van der Waals surface area contributed by atoms with Crippen molar-refractivity contribution in [1.29, 1.82) is 0 Å². The number of esters is 1. The van der Waals surface area contributed by atoms with Crippen molar-refractivity contribution in [3.8, 4) is 5.75 Å². The zero-order chi connectivity index (χ0) is 23.4. The number of nitro groups is 1. The van der Waals surface area contributed by atoms with E-state index in [9.17, 15) is 19.7 Å². The molecule has 4 rings (SSSR count). The van der Waals surface area contributed by atoms with Gasteiger partial charge in [-0.2, -0.15) is 0 Å². The van der Waals surface area contributed by atoms with Crippen molar-refractivity contribution in [3.05, 3.63) is 105 Å². The first-order valence-electron chi connectivity index (χ1n) is 9.81. The second kappa shape index (κ2) is 9.49. The number of aryl methyl sites for hydroxylation is 1. The number of amides is 1. The maximum absolute atomic E-state index is 12.3. The first-order chi connectivity index (χ1) is 15.9. The summed E-state index contributed by atoms with van der Waals surface area (Å²) in [4.78, 5) is 39.9. The molecular weight excluding hydrogens is 442 g/mol. The Morgan fingerprint density at radius 2 is 1.85 bits per heavy atom. The molecule has 1 amide bonds. The summed E-state index contributed by atoms with van der Waals surface area (Å²) in [5, 5.41) is 14.1. The smallest absolute Gasteiger partial charge is 0.343 e. The topological polar surface area (TPSA) is 111 Å². The van der Waals surface area contributed by atoms with Gasteiger partial charge in [-0.25, -0.2) is 9.79 Å². The molecule has 0 spiro atoms. The average molecular weight is 459 g/mol. The maximum Gasteiger partial charge on any atom is 0.343 e. The zero-order valence-electron chi connectivity index (χ0n) is 17.3. The third kappa shape index (κ3) is 5.34. The Kier molecular flexibility index (Phi) is 6.32. The van der Waals surface area contributed by atoms with E-state index in [0.29, 0.717) is 10.1 Å². The van der Waals surface area contributed by atoms with Gasteiger partial charge in [0.15, 0.2) is 5.17 Å². The van der Waals surface area contributed by atoms with Crippen LogP contribution in [0, 0.1) is 17.0 Å². The molecule has 0 saturated carbocycles. The minimum atomic E-state index is -0.701. The number of nitrogens with one attached hydrogen (secondary N) is 1. The summed E-state index contributed by atoms with van der Waals surface area (Å²) in [6, 6.07) is 19.5. The van der Waals surface area contributed by atoms with E-state index in [-0.39, 0.29) is 22.9 Å². The second-order valence-electron chi connectivity index (χ2n) is 7.03. The predicted octanol–water partition coefficient (Wildman–Crippen LogP) is 5.01. The number of para-hydroxylation sites is 1. The molecular formula is C24H17N3O5S. The fourth-order valence-corrected chi connectivity index (χ4v) is 3.81. The number of hydrogen-bond acceptors (Lipinski definition) is 7. The number of nitro benzene ring substituents is 1. The van der Waals surface area contributed by atoms with E-state index < -0.39 is 10.9 Å². The van der Waals surface area contributed by atoms with Gasteiger partial charge in [0.05, 0.1) is 21.1 Å². The highest BCUT2D eigenvalue weighted by molar-refractivity contribution is 8.18. The van der Waals surface area contributed by atoms with Crippen LogP contribution in [0.5, 0.6) is 5.75 Å². The molecule has 1 fully saturated rings. The fraction of sp³-hybridized carbons (Fsp3) is 0.0417. The minimum absolute atomic E-state index is 0.0786. The number of ether oxygens (including phenoxy) is 1. The highest BCUT2D eigenvalue weighted by Gasteiger charge is 2.24. The Morgan fingerprint density at radius 3 is 2.58 bits per heavy atom. The molecule has 1 aliphatic heterocycles. The molecule has 33 heavy (non-hydrogen) atoms. The van der Waals surface area contributed by atoms with E-state index in [1.54, 1.807) is 30.3 Å². The van der Waals surface area contributed by atoms with Crippen LogP contribution in [-0.4, -0.2) is 22.0 Å². The summed E-state index contributed by atoms with van der Waals surface area (Å²) in [7, 11) is 0. The Balaban J connectivity index is 1.44. The van der Waals surface area contributed by atoms with E-state index >= 15 is 0 Å². The summed E-state index contributed by atoms with van der Waals surface area (Å²) in [5.74, 6) is -0.667. The average Bonchev–Trinajstić information content (AvgIpc) is 3.15. The molecule has 9 heteroatoms. The van der Waals surface area contributed by atoms with Gasteiger partial charge in [-0.15, -0.1) is 0 Å². The number of benzene rings is 3. The highest BCUT2D eigenvalue weighted by Crippen LogP contribution is 2.29. The van der Waals surface area contributed by atoms with Gasteiger partial charge in [-0.1, -0.05) is 36.4 Å². The monoisotopic (exact) mass is 459 g/mol. The number of carbonyl (C=O) groups is 2. The lowest BCUT2D eigenvalue weighted by atomic mass is 10.2. The first kappa shape index (κ1) is 22.0. The summed E-state index contributed by atoms with van der Waals surface area (Å²) >= 11 is 1.24. The van der Waals surface area contributed by atoms with Crippen LogP contribution >= 0.6 is 11.8 Å². The summed E-state index contributed by atoms with van der Waals surface area (Å²) in [5.41, 5.74) is 2.42. The lowest BCUT2D eigenvalue weighted by Crippen LogP contribution is -2.19. The Bertz CT molecular complexity index is 1320. The quantitative estimate of drug-likeness (QED) is 0.189. The van der Waals surface area contributed by atoms with Crippen molar-refractivity contribution >= 4 is 46.3 Å². The van der Waals surface area contributed by atoms with Crippen molar-refractivity contribution in [2.75, 3.05) is 0 Å². The van der Waals surface area contributed by atoms with E-state index in [1.807, 2.05) is 31.2 Å². The molecule has 0 unspecified atom stereocenters. The molecule has 1 heterocycles. The molecule has 8 nitrogen and oxygen atoms in total. The van der Waals surface area contributed by atoms with Gasteiger partial charge in [-0.3, -0.25) is 14.9 Å². The van der Waals surface area contributed by atoms with Crippen LogP contribution in [0.15, 0.2) is 82.7 Å². The largest absolute Gasteiger partial charge is 0.423 e. The van der Waals surface area contributed by atoms with Crippen molar-refractivity contribution < 1.29 is 19.2 Å². The molecule has 0 aromatic heterocycles. The van der Waals surface area contributed by atoms with E-state index in [1.165, 1.54) is 30.0 Å². The number of rotatable bonds is 5. The van der Waals surface area contributed by atoms with Crippen LogP contribution in [-0.2, 0) is 4.79 Å². The van der Waals surface area contributed by atoms with Gasteiger partial charge >= 0.3 is 5.97 Å². The van der Waals surface area contributed by atoms with Crippen LogP contribution in [0.25, 0.3) is 6.08 Å². The zero-order valence-corrected chi connectivity index (χ0v) is 18.2. The normalized spacial score (nSPS) is 15.5. The van der Waals surface area contributed by atoms with E-state index in [2.05, 4.69) is 10.3 Å². The van der Waals surface area contributed by atoms with Crippen molar-refractivity contribution in [2.45, 2.75) is 6.92 Å². The predicted molar refractivity (Wildman–Crippen MR) is 126 cm³/mol. The van der Waals surface area contributed by atoms with Crippen LogP contribution in [0.1, 0.15) is 21.5 Å². The molecule has 3 aromatic carbocycles. The third-order valence-corrected chi connectivity index (χ3v) is 5.58. The second-order valence-corrected chi connectivity index (χ2v) is 8.06. The van der Waals surface area contributed by atoms with E-state index in [0.717, 1.165) is 22.9 Å².